The monoisotopic (exact) mass is 412 g/mol. The first-order chi connectivity index (χ1) is 13.5. The molecular weight excluding hydrogens is 396 g/mol. The van der Waals surface area contributed by atoms with E-state index in [1.54, 1.807) is 30.0 Å². The standard InChI is InChI=1S/C19H16N4O3S2/c24-18(17-12-13-4-1-2-5-16(13)27-17)22-14-6-8-15(9-7-14)28(25,26)23-19-20-10-3-11-21-19/h1-11,17H,12H2,(H,22,24)(H,20,21,23)/t17-/m0/s1. The Morgan fingerprint density at radius 1 is 1.00 bits per heavy atom. The van der Waals surface area contributed by atoms with Gasteiger partial charge >= 0.3 is 0 Å². The van der Waals surface area contributed by atoms with Gasteiger partial charge in [0.15, 0.2) is 0 Å². The zero-order valence-electron chi connectivity index (χ0n) is 14.6. The summed E-state index contributed by atoms with van der Waals surface area (Å²) in [5, 5.41) is 2.65. The number of aromatic nitrogens is 2. The number of carbonyl (C=O) groups excluding carboxylic acids is 1. The summed E-state index contributed by atoms with van der Waals surface area (Å²) in [4.78, 5) is 21.4. The van der Waals surface area contributed by atoms with Gasteiger partial charge < -0.3 is 5.32 Å². The number of benzene rings is 2. The summed E-state index contributed by atoms with van der Waals surface area (Å²) in [6.45, 7) is 0. The average molecular weight is 412 g/mol. The molecule has 9 heteroatoms. The minimum Gasteiger partial charge on any atom is -0.325 e. The van der Waals surface area contributed by atoms with E-state index in [1.807, 2.05) is 24.3 Å². The highest BCUT2D eigenvalue weighted by Gasteiger charge is 2.28. The number of hydrogen-bond acceptors (Lipinski definition) is 6. The normalized spacial score (nSPS) is 15.6. The molecule has 1 aromatic heterocycles. The Balaban J connectivity index is 1.42. The van der Waals surface area contributed by atoms with Crippen LogP contribution in [0.3, 0.4) is 0 Å². The minimum absolute atomic E-state index is 0.00213. The van der Waals surface area contributed by atoms with Gasteiger partial charge in [-0.3, -0.25) is 4.79 Å². The Kier molecular flexibility index (Phi) is 5.01. The Bertz CT molecular complexity index is 1080. The van der Waals surface area contributed by atoms with Crippen molar-refractivity contribution in [1.29, 1.82) is 0 Å². The number of rotatable bonds is 5. The summed E-state index contributed by atoms with van der Waals surface area (Å²) in [7, 11) is -3.80. The maximum absolute atomic E-state index is 12.5. The van der Waals surface area contributed by atoms with E-state index in [0.29, 0.717) is 12.1 Å². The van der Waals surface area contributed by atoms with Crippen LogP contribution in [-0.4, -0.2) is 29.5 Å². The Morgan fingerprint density at radius 3 is 2.43 bits per heavy atom. The van der Waals surface area contributed by atoms with Gasteiger partial charge in [0.25, 0.3) is 10.0 Å². The van der Waals surface area contributed by atoms with Crippen molar-refractivity contribution in [3.8, 4) is 0 Å². The summed E-state index contributed by atoms with van der Waals surface area (Å²) in [5.74, 6) is -0.106. The molecule has 0 saturated heterocycles. The SMILES string of the molecule is O=C(Nc1ccc(S(=O)(=O)Nc2ncccn2)cc1)[C@@H]1Cc2ccccc2S1. The van der Waals surface area contributed by atoms with Crippen LogP contribution in [-0.2, 0) is 21.2 Å². The molecule has 3 aromatic rings. The van der Waals surface area contributed by atoms with Crippen molar-refractivity contribution in [2.75, 3.05) is 10.0 Å². The molecule has 4 rings (SSSR count). The smallest absolute Gasteiger partial charge is 0.264 e. The number of sulfonamides is 1. The molecule has 142 valence electrons. The fourth-order valence-electron chi connectivity index (χ4n) is 2.80. The molecule has 2 heterocycles. The maximum Gasteiger partial charge on any atom is 0.264 e. The molecule has 2 aromatic carbocycles. The van der Waals surface area contributed by atoms with Crippen LogP contribution in [0, 0.1) is 0 Å². The van der Waals surface area contributed by atoms with E-state index in [4.69, 9.17) is 0 Å². The molecule has 1 atom stereocenters. The van der Waals surface area contributed by atoms with E-state index in [0.717, 1.165) is 4.90 Å². The Hall–Kier alpha value is -2.91. The van der Waals surface area contributed by atoms with Gasteiger partial charge in [0.1, 0.15) is 0 Å². The molecule has 0 fully saturated rings. The third-order valence-electron chi connectivity index (χ3n) is 4.16. The lowest BCUT2D eigenvalue weighted by atomic mass is 10.1. The van der Waals surface area contributed by atoms with Crippen molar-refractivity contribution in [3.63, 3.8) is 0 Å². The van der Waals surface area contributed by atoms with Crippen LogP contribution in [0.2, 0.25) is 0 Å². The van der Waals surface area contributed by atoms with Crippen LogP contribution in [0.5, 0.6) is 0 Å². The number of hydrogen-bond donors (Lipinski definition) is 2. The molecule has 0 unspecified atom stereocenters. The van der Waals surface area contributed by atoms with Crippen LogP contribution >= 0.6 is 11.8 Å². The number of thioether (sulfide) groups is 1. The van der Waals surface area contributed by atoms with Gasteiger partial charge in [0.05, 0.1) is 10.1 Å². The van der Waals surface area contributed by atoms with Gasteiger partial charge in [0.2, 0.25) is 11.9 Å². The van der Waals surface area contributed by atoms with Crippen molar-refractivity contribution < 1.29 is 13.2 Å². The first-order valence-corrected chi connectivity index (χ1v) is 10.8. The molecule has 0 bridgehead atoms. The van der Waals surface area contributed by atoms with Gasteiger partial charge in [-0.05, 0) is 48.4 Å². The van der Waals surface area contributed by atoms with E-state index in [1.165, 1.54) is 30.1 Å². The van der Waals surface area contributed by atoms with Crippen LogP contribution in [0.15, 0.2) is 76.8 Å². The third kappa shape index (κ3) is 4.00. The molecule has 0 radical (unpaired) electrons. The molecule has 0 spiro atoms. The van der Waals surface area contributed by atoms with Crippen LogP contribution < -0.4 is 10.0 Å². The number of anilines is 2. The molecule has 28 heavy (non-hydrogen) atoms. The molecular formula is C19H16N4O3S2. The second kappa shape index (κ2) is 7.61. The van der Waals surface area contributed by atoms with Gasteiger partial charge in [-0.25, -0.2) is 23.1 Å². The predicted molar refractivity (Wildman–Crippen MR) is 108 cm³/mol. The lowest BCUT2D eigenvalue weighted by Crippen LogP contribution is -2.24. The summed E-state index contributed by atoms with van der Waals surface area (Å²) in [5.41, 5.74) is 1.71. The number of carbonyl (C=O) groups is 1. The van der Waals surface area contributed by atoms with Crippen LogP contribution in [0.4, 0.5) is 11.6 Å². The zero-order chi connectivity index (χ0) is 19.6. The second-order valence-corrected chi connectivity index (χ2v) is 9.04. The van der Waals surface area contributed by atoms with Crippen molar-refractivity contribution in [2.24, 2.45) is 0 Å². The van der Waals surface area contributed by atoms with E-state index in [2.05, 4.69) is 20.0 Å². The quantitative estimate of drug-likeness (QED) is 0.668. The van der Waals surface area contributed by atoms with E-state index in [9.17, 15) is 13.2 Å². The lowest BCUT2D eigenvalue weighted by Gasteiger charge is -2.11. The van der Waals surface area contributed by atoms with Crippen LogP contribution in [0.25, 0.3) is 0 Å². The van der Waals surface area contributed by atoms with Crippen molar-refractivity contribution >= 4 is 39.3 Å². The van der Waals surface area contributed by atoms with E-state index < -0.39 is 10.0 Å². The zero-order valence-corrected chi connectivity index (χ0v) is 16.2. The summed E-state index contributed by atoms with van der Waals surface area (Å²) in [6.07, 6.45) is 3.58. The first-order valence-electron chi connectivity index (χ1n) is 8.47. The molecule has 7 nitrogen and oxygen atoms in total. The van der Waals surface area contributed by atoms with Gasteiger partial charge in [-0.15, -0.1) is 11.8 Å². The van der Waals surface area contributed by atoms with Crippen LogP contribution in [0.1, 0.15) is 5.56 Å². The highest BCUT2D eigenvalue weighted by atomic mass is 32.2. The largest absolute Gasteiger partial charge is 0.325 e. The summed E-state index contributed by atoms with van der Waals surface area (Å²) in [6, 6.07) is 15.5. The van der Waals surface area contributed by atoms with Crippen molar-refractivity contribution in [3.05, 3.63) is 72.6 Å². The van der Waals surface area contributed by atoms with Gasteiger partial charge in [-0.1, -0.05) is 18.2 Å². The highest BCUT2D eigenvalue weighted by Crippen LogP contribution is 2.37. The predicted octanol–water partition coefficient (Wildman–Crippen LogP) is 2.93. The topological polar surface area (TPSA) is 101 Å². The Labute approximate surface area is 166 Å². The van der Waals surface area contributed by atoms with Crippen molar-refractivity contribution in [2.45, 2.75) is 21.5 Å². The summed E-state index contributed by atoms with van der Waals surface area (Å²) >= 11 is 1.54. The van der Waals surface area contributed by atoms with Gasteiger partial charge in [-0.2, -0.15) is 0 Å². The molecule has 2 N–H and O–H groups in total. The molecule has 0 aliphatic carbocycles. The fourth-order valence-corrected chi connectivity index (χ4v) is 4.95. The first kappa shape index (κ1) is 18.5. The van der Waals surface area contributed by atoms with E-state index in [-0.39, 0.29) is 22.0 Å². The number of nitrogens with one attached hydrogen (secondary N) is 2. The molecule has 0 saturated carbocycles. The minimum atomic E-state index is -3.80. The van der Waals surface area contributed by atoms with Gasteiger partial charge in [0, 0.05) is 23.0 Å². The second-order valence-electron chi connectivity index (χ2n) is 6.11. The Morgan fingerprint density at radius 2 is 1.71 bits per heavy atom. The number of fused-ring (bicyclic) bond motifs is 1. The van der Waals surface area contributed by atoms with E-state index >= 15 is 0 Å². The van der Waals surface area contributed by atoms with Crippen molar-refractivity contribution in [1.82, 2.24) is 9.97 Å². The maximum atomic E-state index is 12.5. The average Bonchev–Trinajstić information content (AvgIpc) is 3.13. The third-order valence-corrected chi connectivity index (χ3v) is 6.82. The number of nitrogens with zero attached hydrogens (tertiary/aromatic N) is 2. The lowest BCUT2D eigenvalue weighted by molar-refractivity contribution is -0.115. The molecule has 1 amide bonds. The highest BCUT2D eigenvalue weighted by molar-refractivity contribution is 8.01. The fraction of sp³-hybridized carbons (Fsp3) is 0.105. The number of amides is 1. The summed E-state index contributed by atoms with van der Waals surface area (Å²) < 4.78 is 27.1. The molecule has 1 aliphatic rings. The molecule has 1 aliphatic heterocycles.